The van der Waals surface area contributed by atoms with E-state index in [1.165, 1.54) is 0 Å². The van der Waals surface area contributed by atoms with Crippen molar-refractivity contribution in [2.24, 2.45) is 11.8 Å². The molecule has 0 unspecified atom stereocenters. The minimum atomic E-state index is -0.727. The van der Waals surface area contributed by atoms with E-state index >= 15 is 0 Å². The first kappa shape index (κ1) is 27.6. The molecule has 0 heterocycles. The molecule has 2 N–H and O–H groups in total. The first-order valence-electron chi connectivity index (χ1n) is 10.9. The van der Waals surface area contributed by atoms with Crippen LogP contribution in [0.3, 0.4) is 0 Å². The van der Waals surface area contributed by atoms with Crippen LogP contribution in [-0.4, -0.2) is 48.0 Å². The van der Waals surface area contributed by atoms with Gasteiger partial charge in [0.2, 0.25) is 11.8 Å². The van der Waals surface area contributed by atoms with Crippen LogP contribution in [0.25, 0.3) is 0 Å². The average molecular weight is 425 g/mol. The van der Waals surface area contributed by atoms with E-state index in [1.807, 2.05) is 0 Å². The molecule has 8 nitrogen and oxygen atoms in total. The summed E-state index contributed by atoms with van der Waals surface area (Å²) in [6, 6.07) is 0. The van der Waals surface area contributed by atoms with Crippen LogP contribution in [0.2, 0.25) is 0 Å². The third-order valence-electron chi connectivity index (χ3n) is 5.04. The van der Waals surface area contributed by atoms with Crippen LogP contribution in [0, 0.1) is 11.8 Å². The van der Waals surface area contributed by atoms with Crippen molar-refractivity contribution in [3.63, 3.8) is 0 Å². The highest BCUT2D eigenvalue weighted by molar-refractivity contribution is 6.03. The Morgan fingerprint density at radius 3 is 1.03 bits per heavy atom. The maximum Gasteiger partial charge on any atom is 0.220 e. The second-order valence-electron chi connectivity index (χ2n) is 7.16. The van der Waals surface area contributed by atoms with Crippen molar-refractivity contribution in [3.05, 3.63) is 0 Å². The molecule has 0 fully saturated rings. The van der Waals surface area contributed by atoms with E-state index < -0.39 is 11.8 Å². The average Bonchev–Trinajstić information content (AvgIpc) is 2.75. The van der Waals surface area contributed by atoms with Gasteiger partial charge in [-0.3, -0.25) is 28.8 Å². The lowest BCUT2D eigenvalue weighted by Gasteiger charge is -2.14. The molecule has 0 aromatic carbocycles. The summed E-state index contributed by atoms with van der Waals surface area (Å²) >= 11 is 0. The van der Waals surface area contributed by atoms with Crippen molar-refractivity contribution in [2.75, 3.05) is 13.1 Å². The Balaban J connectivity index is 4.23. The zero-order valence-corrected chi connectivity index (χ0v) is 18.7. The quantitative estimate of drug-likeness (QED) is 0.271. The van der Waals surface area contributed by atoms with Crippen LogP contribution >= 0.6 is 0 Å². The minimum Gasteiger partial charge on any atom is -0.354 e. The molecule has 0 saturated heterocycles. The van der Waals surface area contributed by atoms with Crippen molar-refractivity contribution in [1.82, 2.24) is 10.6 Å². The Hall–Kier alpha value is -2.38. The summed E-state index contributed by atoms with van der Waals surface area (Å²) in [5, 5.41) is 5.28. The highest BCUT2D eigenvalue weighted by atomic mass is 16.2. The zero-order chi connectivity index (χ0) is 23.1. The third kappa shape index (κ3) is 10.4. The van der Waals surface area contributed by atoms with E-state index in [1.54, 1.807) is 27.7 Å². The van der Waals surface area contributed by atoms with Gasteiger partial charge in [-0.15, -0.1) is 0 Å². The molecule has 0 aromatic rings. The van der Waals surface area contributed by atoms with Crippen LogP contribution in [0.4, 0.5) is 0 Å². The normalized spacial score (nSPS) is 10.7. The van der Waals surface area contributed by atoms with Crippen LogP contribution in [0.5, 0.6) is 0 Å². The molecule has 0 bridgehead atoms. The Labute approximate surface area is 178 Å². The number of hydrogen-bond donors (Lipinski definition) is 2. The fourth-order valence-electron chi connectivity index (χ4n) is 3.12. The lowest BCUT2D eigenvalue weighted by Crippen LogP contribution is -2.35. The maximum absolute atomic E-state index is 11.9. The van der Waals surface area contributed by atoms with Gasteiger partial charge in [0.05, 0.1) is 11.8 Å². The van der Waals surface area contributed by atoms with Gasteiger partial charge in [0.25, 0.3) is 0 Å². The van der Waals surface area contributed by atoms with E-state index in [-0.39, 0.29) is 99.4 Å². The van der Waals surface area contributed by atoms with E-state index in [0.717, 1.165) is 0 Å². The first-order valence-corrected chi connectivity index (χ1v) is 10.9. The summed E-state index contributed by atoms with van der Waals surface area (Å²) in [6.07, 6.45) is 1.56. The molecule has 0 aromatic heterocycles. The molecule has 0 radical (unpaired) electrons. The van der Waals surface area contributed by atoms with Crippen LogP contribution in [0.15, 0.2) is 0 Å². The minimum absolute atomic E-state index is 0.0655. The van der Waals surface area contributed by atoms with Crippen molar-refractivity contribution in [3.8, 4) is 0 Å². The standard InChI is InChI=1S/C22H36N2O6/c1-5-17(25)15(18(26)6-2)9-11-21(29)23-13-14-24-22(30)12-10-16(19(27)7-3)20(28)8-4/h15-16H,5-14H2,1-4H3,(H,23,29)(H,24,30). The second-order valence-corrected chi connectivity index (χ2v) is 7.16. The Bertz CT molecular complexity index is 543. The number of carbonyl (C=O) groups is 6. The number of ketones is 4. The van der Waals surface area contributed by atoms with Crippen molar-refractivity contribution in [2.45, 2.75) is 79.1 Å². The summed E-state index contributed by atoms with van der Waals surface area (Å²) < 4.78 is 0. The lowest BCUT2D eigenvalue weighted by molar-refractivity contribution is -0.135. The molecule has 0 rings (SSSR count). The van der Waals surface area contributed by atoms with Gasteiger partial charge in [-0.1, -0.05) is 27.7 Å². The van der Waals surface area contributed by atoms with Crippen molar-refractivity contribution < 1.29 is 28.8 Å². The molecule has 0 aliphatic heterocycles. The highest BCUT2D eigenvalue weighted by Gasteiger charge is 2.25. The molecular weight excluding hydrogens is 388 g/mol. The Kier molecular flexibility index (Phi) is 14.2. The summed E-state index contributed by atoms with van der Waals surface area (Å²) in [5.74, 6) is -2.63. The van der Waals surface area contributed by atoms with Crippen molar-refractivity contribution >= 4 is 34.9 Å². The Morgan fingerprint density at radius 1 is 0.533 bits per heavy atom. The molecule has 0 spiro atoms. The van der Waals surface area contributed by atoms with Gasteiger partial charge in [0.15, 0.2) is 0 Å². The molecular formula is C22H36N2O6. The lowest BCUT2D eigenvalue weighted by atomic mass is 9.91. The van der Waals surface area contributed by atoms with Gasteiger partial charge in [-0.05, 0) is 12.8 Å². The SMILES string of the molecule is CCC(=O)C(CCC(=O)NCCNC(=O)CCC(C(=O)CC)C(=O)CC)C(=O)CC. The van der Waals surface area contributed by atoms with E-state index in [0.29, 0.717) is 0 Å². The van der Waals surface area contributed by atoms with Gasteiger partial charge in [-0.25, -0.2) is 0 Å². The van der Waals surface area contributed by atoms with Gasteiger partial charge in [-0.2, -0.15) is 0 Å². The largest absolute Gasteiger partial charge is 0.354 e. The van der Waals surface area contributed by atoms with Crippen LogP contribution < -0.4 is 10.6 Å². The fraction of sp³-hybridized carbons (Fsp3) is 0.727. The summed E-state index contributed by atoms with van der Waals surface area (Å²) in [4.78, 5) is 71.2. The number of rotatable bonds is 17. The number of nitrogens with one attached hydrogen (secondary N) is 2. The van der Waals surface area contributed by atoms with Gasteiger partial charge in [0.1, 0.15) is 23.1 Å². The van der Waals surface area contributed by atoms with Gasteiger partial charge >= 0.3 is 0 Å². The Morgan fingerprint density at radius 2 is 0.800 bits per heavy atom. The van der Waals surface area contributed by atoms with Crippen LogP contribution in [0.1, 0.15) is 79.1 Å². The molecule has 0 saturated carbocycles. The number of hydrogen-bond acceptors (Lipinski definition) is 6. The number of carbonyl (C=O) groups excluding carboxylic acids is 6. The van der Waals surface area contributed by atoms with E-state index in [4.69, 9.17) is 0 Å². The third-order valence-corrected chi connectivity index (χ3v) is 5.04. The highest BCUT2D eigenvalue weighted by Crippen LogP contribution is 2.14. The molecule has 170 valence electrons. The summed E-state index contributed by atoms with van der Waals surface area (Å²) in [6.45, 7) is 7.20. The molecule has 0 aliphatic carbocycles. The fourth-order valence-corrected chi connectivity index (χ4v) is 3.12. The van der Waals surface area contributed by atoms with Crippen molar-refractivity contribution in [1.29, 1.82) is 0 Å². The second kappa shape index (κ2) is 15.5. The van der Waals surface area contributed by atoms with Gasteiger partial charge < -0.3 is 10.6 Å². The molecule has 8 heteroatoms. The zero-order valence-electron chi connectivity index (χ0n) is 18.7. The molecule has 30 heavy (non-hydrogen) atoms. The summed E-state index contributed by atoms with van der Waals surface area (Å²) in [7, 11) is 0. The smallest absolute Gasteiger partial charge is 0.220 e. The van der Waals surface area contributed by atoms with E-state index in [2.05, 4.69) is 10.6 Å². The van der Waals surface area contributed by atoms with Gasteiger partial charge in [0, 0.05) is 51.6 Å². The molecule has 2 amide bonds. The van der Waals surface area contributed by atoms with E-state index in [9.17, 15) is 28.8 Å². The maximum atomic E-state index is 11.9. The topological polar surface area (TPSA) is 126 Å². The monoisotopic (exact) mass is 424 g/mol. The predicted octanol–water partition coefficient (Wildman–Crippen LogP) is 1.93. The first-order chi connectivity index (χ1) is 14.2. The molecule has 0 atom stereocenters. The molecule has 0 aliphatic rings. The number of Topliss-reactive ketones (excluding diaryl/α,β-unsaturated/α-hetero) is 4. The van der Waals surface area contributed by atoms with Crippen LogP contribution in [-0.2, 0) is 28.8 Å². The summed E-state index contributed by atoms with van der Waals surface area (Å²) in [5.41, 5.74) is 0. The number of amides is 2. The predicted molar refractivity (Wildman–Crippen MR) is 113 cm³/mol.